The van der Waals surface area contributed by atoms with Crippen LogP contribution >= 0.6 is 22.7 Å². The van der Waals surface area contributed by atoms with E-state index in [4.69, 9.17) is 4.74 Å². The van der Waals surface area contributed by atoms with Crippen molar-refractivity contribution >= 4 is 49.6 Å². The molecule has 208 valence electrons. The largest absolute Gasteiger partial charge is 0.481 e. The molecule has 2 unspecified atom stereocenters. The summed E-state index contributed by atoms with van der Waals surface area (Å²) in [4.78, 5) is 29.9. The number of carbonyl (C=O) groups is 1. The third-order valence-electron chi connectivity index (χ3n) is 6.58. The number of rotatable bonds is 6. The van der Waals surface area contributed by atoms with Crippen molar-refractivity contribution in [2.24, 2.45) is 5.92 Å². The minimum absolute atomic E-state index is 0.0654. The maximum atomic E-state index is 13.2. The zero-order valence-corrected chi connectivity index (χ0v) is 21.2. The maximum Gasteiger partial charge on any atom is 0.416 e. The Hall–Kier alpha value is -2.99. The zero-order valence-electron chi connectivity index (χ0n) is 19.5. The first kappa shape index (κ1) is 27.6. The summed E-state index contributed by atoms with van der Waals surface area (Å²) in [6, 6.07) is 3.07. The van der Waals surface area contributed by atoms with Crippen molar-refractivity contribution in [3.63, 3.8) is 0 Å². The van der Waals surface area contributed by atoms with Crippen LogP contribution in [0.3, 0.4) is 0 Å². The van der Waals surface area contributed by atoms with Gasteiger partial charge in [-0.3, -0.25) is 9.59 Å². The highest BCUT2D eigenvalue weighted by Gasteiger charge is 2.51. The molecule has 16 heteroatoms. The number of aliphatic hydroxyl groups is 4. The molecule has 1 aromatic carbocycles. The third kappa shape index (κ3) is 4.93. The van der Waals surface area contributed by atoms with Crippen LogP contribution in [0.25, 0.3) is 21.0 Å². The third-order valence-corrected chi connectivity index (χ3v) is 8.34. The highest BCUT2D eigenvalue weighted by atomic mass is 32.1. The molecule has 11 nitrogen and oxygen atoms in total. The lowest BCUT2D eigenvalue weighted by Gasteiger charge is -2.42. The van der Waals surface area contributed by atoms with E-state index in [1.165, 1.54) is 16.8 Å². The second-order valence-electron chi connectivity index (χ2n) is 8.96. The first-order valence-corrected chi connectivity index (χ1v) is 13.1. The van der Waals surface area contributed by atoms with Crippen LogP contribution in [0.5, 0.6) is 0 Å². The molecule has 0 amide bonds. The van der Waals surface area contributed by atoms with Gasteiger partial charge in [-0.15, -0.1) is 11.3 Å². The number of alkyl halides is 3. The molecule has 0 radical (unpaired) electrons. The minimum atomic E-state index is -4.57. The number of aliphatic hydroxyl groups excluding tert-OH is 4. The number of hydrogen-bond acceptors (Lipinski definition) is 11. The molecule has 4 aromatic rings. The number of carboxylic acid groups (broad SMARTS) is 1. The molecule has 1 aliphatic heterocycles. The molecule has 5 rings (SSSR count). The first-order valence-electron chi connectivity index (χ1n) is 11.4. The molecule has 1 fully saturated rings. The van der Waals surface area contributed by atoms with Crippen LogP contribution in [-0.4, -0.2) is 77.5 Å². The van der Waals surface area contributed by atoms with E-state index in [0.29, 0.717) is 4.70 Å². The van der Waals surface area contributed by atoms with Crippen LogP contribution in [0.4, 0.5) is 13.2 Å². The van der Waals surface area contributed by atoms with Crippen molar-refractivity contribution < 1.29 is 48.2 Å². The molecule has 0 bridgehead atoms. The summed E-state index contributed by atoms with van der Waals surface area (Å²) in [5.74, 6) is -4.88. The monoisotopic (exact) mass is 587 g/mol. The Labute approximate surface area is 224 Å². The fourth-order valence-corrected chi connectivity index (χ4v) is 6.45. The predicted octanol–water partition coefficient (Wildman–Crippen LogP) is 1.35. The van der Waals surface area contributed by atoms with E-state index in [0.717, 1.165) is 39.5 Å². The number of nitrogens with zero attached hydrogens (tertiary/aromatic N) is 3. The first-order chi connectivity index (χ1) is 18.4. The van der Waals surface area contributed by atoms with Gasteiger partial charge < -0.3 is 30.3 Å². The van der Waals surface area contributed by atoms with Gasteiger partial charge in [-0.2, -0.15) is 29.6 Å². The van der Waals surface area contributed by atoms with E-state index in [9.17, 15) is 48.3 Å². The number of halogens is 3. The number of carboxylic acids is 1. The van der Waals surface area contributed by atoms with Gasteiger partial charge in [0.1, 0.15) is 23.1 Å². The lowest BCUT2D eigenvalue weighted by atomic mass is 9.76. The summed E-state index contributed by atoms with van der Waals surface area (Å²) >= 11 is 2.11. The molecule has 1 saturated heterocycles. The van der Waals surface area contributed by atoms with Crippen molar-refractivity contribution in [2.75, 3.05) is 6.61 Å². The lowest BCUT2D eigenvalue weighted by Crippen LogP contribution is -2.58. The van der Waals surface area contributed by atoms with Gasteiger partial charge in [0.05, 0.1) is 46.1 Å². The maximum absolute atomic E-state index is 13.2. The predicted molar refractivity (Wildman–Crippen MR) is 131 cm³/mol. The van der Waals surface area contributed by atoms with Gasteiger partial charge in [0.25, 0.3) is 5.56 Å². The fourth-order valence-electron chi connectivity index (χ4n) is 4.70. The number of thiophene rings is 1. The molecular formula is C23H20F3N3O8S2. The summed E-state index contributed by atoms with van der Waals surface area (Å²) < 4.78 is 45.6. The number of fused-ring (bicyclic) bond motifs is 2. The molecule has 0 spiro atoms. The molecule has 6 atom stereocenters. The number of thiazole rings is 1. The van der Waals surface area contributed by atoms with Gasteiger partial charge in [0.15, 0.2) is 6.29 Å². The van der Waals surface area contributed by atoms with E-state index in [1.54, 1.807) is 0 Å². The molecule has 39 heavy (non-hydrogen) atoms. The normalized spacial score (nSPS) is 24.8. The fraction of sp³-hybridized carbons (Fsp3) is 0.391. The molecule has 5 N–H and O–H groups in total. The van der Waals surface area contributed by atoms with Crippen molar-refractivity contribution in [1.82, 2.24) is 14.8 Å². The van der Waals surface area contributed by atoms with Crippen LogP contribution < -0.4 is 5.56 Å². The number of ether oxygens (including phenoxy) is 1. The lowest BCUT2D eigenvalue weighted by molar-refractivity contribution is -0.276. The highest BCUT2D eigenvalue weighted by molar-refractivity contribution is 7.18. The Bertz CT molecular complexity index is 1600. The number of aromatic nitrogens is 3. The SMILES string of the molecule is O=C(O)C(c1nn(Cc2nc3cc(C(F)(F)F)ccc3s2)c(=O)c2cscc12)[C@H]1[C@@H](O)[C@@H](CO)OC(O)[C@@H]1O. The zero-order chi connectivity index (χ0) is 28.2. The van der Waals surface area contributed by atoms with Gasteiger partial charge in [0, 0.05) is 22.1 Å². The van der Waals surface area contributed by atoms with Gasteiger partial charge in [-0.25, -0.2) is 9.67 Å². The minimum Gasteiger partial charge on any atom is -0.481 e. The van der Waals surface area contributed by atoms with Gasteiger partial charge >= 0.3 is 12.1 Å². The standard InChI is InChI=1S/C23H20F3N3O8S2/c24-23(25,26)8-1-2-13-11(3-8)27-14(39-13)4-29-20(33)10-7-38-6-9(10)17(28-29)15(21(34)35)16-18(31)12(5-30)37-22(36)19(16)32/h1-3,6-7,12,15-16,18-19,22,30-32,36H,4-5H2,(H,34,35)/t12-,15?,16+,18+,19-,22?/m1/s1. The summed E-state index contributed by atoms with van der Waals surface area (Å²) in [5, 5.41) is 58.8. The number of hydrogen-bond donors (Lipinski definition) is 5. The summed E-state index contributed by atoms with van der Waals surface area (Å²) in [7, 11) is 0. The molecule has 0 aliphatic carbocycles. The molecular weight excluding hydrogens is 567 g/mol. The van der Waals surface area contributed by atoms with Crippen molar-refractivity contribution in [2.45, 2.75) is 43.2 Å². The Kier molecular flexibility index (Phi) is 7.21. The van der Waals surface area contributed by atoms with Gasteiger partial charge in [-0.05, 0) is 18.2 Å². The van der Waals surface area contributed by atoms with Crippen LogP contribution in [0.1, 0.15) is 22.2 Å². The van der Waals surface area contributed by atoms with Crippen molar-refractivity contribution in [1.29, 1.82) is 0 Å². The average molecular weight is 588 g/mol. The van der Waals surface area contributed by atoms with Crippen molar-refractivity contribution in [3.05, 3.63) is 55.6 Å². The van der Waals surface area contributed by atoms with Crippen LogP contribution in [0, 0.1) is 5.92 Å². The Morgan fingerprint density at radius 1 is 1.15 bits per heavy atom. The second-order valence-corrected chi connectivity index (χ2v) is 10.8. The summed E-state index contributed by atoms with van der Waals surface area (Å²) in [6.07, 6.45) is -11.5. The number of aliphatic carboxylic acids is 1. The molecule has 3 aromatic heterocycles. The molecule has 1 aliphatic rings. The Morgan fingerprint density at radius 3 is 2.54 bits per heavy atom. The molecule has 4 heterocycles. The van der Waals surface area contributed by atoms with Crippen LogP contribution in [0.2, 0.25) is 0 Å². The van der Waals surface area contributed by atoms with E-state index in [1.807, 2.05) is 0 Å². The van der Waals surface area contributed by atoms with E-state index < -0.39 is 66.3 Å². The van der Waals surface area contributed by atoms with E-state index >= 15 is 0 Å². The van der Waals surface area contributed by atoms with Crippen LogP contribution in [0.15, 0.2) is 33.8 Å². The smallest absolute Gasteiger partial charge is 0.416 e. The van der Waals surface area contributed by atoms with Crippen LogP contribution in [-0.2, 0) is 22.3 Å². The van der Waals surface area contributed by atoms with E-state index in [2.05, 4.69) is 10.1 Å². The second kappa shape index (κ2) is 10.2. The quantitative estimate of drug-likeness (QED) is 0.221. The summed E-state index contributed by atoms with van der Waals surface area (Å²) in [6.45, 7) is -1.08. The highest BCUT2D eigenvalue weighted by Crippen LogP contribution is 2.39. The Morgan fingerprint density at radius 2 is 1.87 bits per heavy atom. The Balaban J connectivity index is 1.60. The summed E-state index contributed by atoms with van der Waals surface area (Å²) in [5.41, 5.74) is -1.63. The van der Waals surface area contributed by atoms with Gasteiger partial charge in [0.2, 0.25) is 0 Å². The topological polar surface area (TPSA) is 175 Å². The van der Waals surface area contributed by atoms with Gasteiger partial charge in [-0.1, -0.05) is 0 Å². The number of benzene rings is 1. The average Bonchev–Trinajstić information content (AvgIpc) is 3.52. The molecule has 0 saturated carbocycles. The van der Waals surface area contributed by atoms with Crippen molar-refractivity contribution in [3.8, 4) is 0 Å². The van der Waals surface area contributed by atoms with E-state index in [-0.39, 0.29) is 33.5 Å².